The average Bonchev–Trinajstić information content (AvgIpc) is 2.20. The van der Waals surface area contributed by atoms with E-state index in [9.17, 15) is 0 Å². The van der Waals surface area contributed by atoms with Crippen molar-refractivity contribution < 1.29 is 0 Å². The van der Waals surface area contributed by atoms with Crippen LogP contribution in [0.15, 0.2) is 30.3 Å². The standard InChI is InChI=1S/C13H13N/c1-3-10-14(11-4-2)12-13-8-6-5-7-9-13/h1-2,5-9H,10-12H2. The molecule has 0 bridgehead atoms. The molecule has 0 saturated heterocycles. The maximum absolute atomic E-state index is 5.25. The fourth-order valence-corrected chi connectivity index (χ4v) is 1.27. The van der Waals surface area contributed by atoms with Crippen LogP contribution in [-0.4, -0.2) is 18.0 Å². The Hall–Kier alpha value is -1.70. The third-order valence-electron chi connectivity index (χ3n) is 1.88. The quantitative estimate of drug-likeness (QED) is 0.643. The Labute approximate surface area is 85.7 Å². The Kier molecular flexibility index (Phi) is 4.35. The van der Waals surface area contributed by atoms with E-state index in [1.165, 1.54) is 5.56 Å². The van der Waals surface area contributed by atoms with Crippen molar-refractivity contribution in [1.82, 2.24) is 4.90 Å². The van der Waals surface area contributed by atoms with Crippen LogP contribution in [0.4, 0.5) is 0 Å². The minimum atomic E-state index is 0.596. The zero-order chi connectivity index (χ0) is 10.2. The van der Waals surface area contributed by atoms with Gasteiger partial charge in [-0.05, 0) is 5.56 Å². The molecule has 1 rings (SSSR count). The average molecular weight is 183 g/mol. The lowest BCUT2D eigenvalue weighted by Crippen LogP contribution is -2.23. The van der Waals surface area contributed by atoms with Gasteiger partial charge in [-0.3, -0.25) is 4.90 Å². The van der Waals surface area contributed by atoms with E-state index in [4.69, 9.17) is 12.8 Å². The van der Waals surface area contributed by atoms with Crippen molar-refractivity contribution in [2.75, 3.05) is 13.1 Å². The van der Waals surface area contributed by atoms with E-state index in [1.807, 2.05) is 18.2 Å². The fraction of sp³-hybridized carbons (Fsp3) is 0.231. The molecule has 0 fully saturated rings. The molecule has 1 nitrogen and oxygen atoms in total. The highest BCUT2D eigenvalue weighted by Gasteiger charge is 2.01. The molecule has 0 unspecified atom stereocenters. The third kappa shape index (κ3) is 3.35. The van der Waals surface area contributed by atoms with Crippen molar-refractivity contribution in [1.29, 1.82) is 0 Å². The van der Waals surface area contributed by atoms with Crippen LogP contribution in [0.1, 0.15) is 5.56 Å². The largest absolute Gasteiger partial charge is 0.277 e. The number of hydrogen-bond donors (Lipinski definition) is 0. The van der Waals surface area contributed by atoms with Crippen LogP contribution in [0.5, 0.6) is 0 Å². The van der Waals surface area contributed by atoms with Gasteiger partial charge < -0.3 is 0 Å². The van der Waals surface area contributed by atoms with Crippen LogP contribution in [-0.2, 0) is 6.54 Å². The molecule has 0 aliphatic carbocycles. The van der Waals surface area contributed by atoms with Crippen LogP contribution < -0.4 is 0 Å². The van der Waals surface area contributed by atoms with Crippen molar-refractivity contribution in [3.63, 3.8) is 0 Å². The van der Waals surface area contributed by atoms with Gasteiger partial charge in [-0.25, -0.2) is 0 Å². The molecular weight excluding hydrogens is 170 g/mol. The number of hydrogen-bond acceptors (Lipinski definition) is 1. The molecular formula is C13H13N. The molecule has 14 heavy (non-hydrogen) atoms. The van der Waals surface area contributed by atoms with Gasteiger partial charge in [-0.15, -0.1) is 12.8 Å². The molecule has 0 aliphatic heterocycles. The van der Waals surface area contributed by atoms with Crippen LogP contribution in [0.3, 0.4) is 0 Å². The Morgan fingerprint density at radius 1 is 1.00 bits per heavy atom. The molecule has 0 amide bonds. The molecule has 0 radical (unpaired) electrons. The molecule has 0 heterocycles. The van der Waals surface area contributed by atoms with Crippen molar-refractivity contribution in [2.24, 2.45) is 0 Å². The minimum absolute atomic E-state index is 0.596. The number of rotatable bonds is 4. The Morgan fingerprint density at radius 2 is 1.57 bits per heavy atom. The first kappa shape index (κ1) is 10.4. The zero-order valence-electron chi connectivity index (χ0n) is 8.11. The van der Waals surface area contributed by atoms with Crippen LogP contribution in [0.2, 0.25) is 0 Å². The summed E-state index contributed by atoms with van der Waals surface area (Å²) in [5.41, 5.74) is 1.23. The number of terminal acetylenes is 2. The summed E-state index contributed by atoms with van der Waals surface area (Å²) in [6.45, 7) is 2.01. The molecule has 0 aromatic heterocycles. The number of nitrogens with zero attached hydrogens (tertiary/aromatic N) is 1. The first-order valence-electron chi connectivity index (χ1n) is 4.50. The van der Waals surface area contributed by atoms with E-state index < -0.39 is 0 Å². The second-order valence-corrected chi connectivity index (χ2v) is 3.04. The van der Waals surface area contributed by atoms with Gasteiger partial charge in [-0.1, -0.05) is 42.2 Å². The molecule has 1 aromatic carbocycles. The third-order valence-corrected chi connectivity index (χ3v) is 1.88. The molecule has 1 aromatic rings. The topological polar surface area (TPSA) is 3.24 Å². The van der Waals surface area contributed by atoms with Crippen molar-refractivity contribution in [3.05, 3.63) is 35.9 Å². The van der Waals surface area contributed by atoms with Gasteiger partial charge in [0.2, 0.25) is 0 Å². The summed E-state index contributed by atoms with van der Waals surface area (Å²) in [5.74, 6) is 5.21. The fourth-order valence-electron chi connectivity index (χ4n) is 1.27. The Bertz CT molecular complexity index is 324. The van der Waals surface area contributed by atoms with Crippen molar-refractivity contribution >= 4 is 0 Å². The SMILES string of the molecule is C#CCN(CC#C)Cc1ccccc1. The molecule has 0 aliphatic rings. The molecule has 0 saturated carbocycles. The van der Waals surface area contributed by atoms with Gasteiger partial charge >= 0.3 is 0 Å². The summed E-state index contributed by atoms with van der Waals surface area (Å²) in [7, 11) is 0. The van der Waals surface area contributed by atoms with Gasteiger partial charge in [0, 0.05) is 6.54 Å². The maximum Gasteiger partial charge on any atom is 0.0610 e. The zero-order valence-corrected chi connectivity index (χ0v) is 8.11. The summed E-state index contributed by atoms with van der Waals surface area (Å²) >= 11 is 0. The van der Waals surface area contributed by atoms with Gasteiger partial charge in [0.25, 0.3) is 0 Å². The monoisotopic (exact) mass is 183 g/mol. The van der Waals surface area contributed by atoms with E-state index in [1.54, 1.807) is 0 Å². The van der Waals surface area contributed by atoms with Crippen LogP contribution in [0.25, 0.3) is 0 Å². The van der Waals surface area contributed by atoms with Gasteiger partial charge in [0.1, 0.15) is 0 Å². The van der Waals surface area contributed by atoms with Crippen LogP contribution >= 0.6 is 0 Å². The van der Waals surface area contributed by atoms with Crippen LogP contribution in [0, 0.1) is 24.7 Å². The molecule has 0 atom stereocenters. The molecule has 0 N–H and O–H groups in total. The smallest absolute Gasteiger partial charge is 0.0610 e. The van der Waals surface area contributed by atoms with E-state index in [2.05, 4.69) is 28.9 Å². The van der Waals surface area contributed by atoms with Crippen molar-refractivity contribution in [3.8, 4) is 24.7 Å². The predicted octanol–water partition coefficient (Wildman–Crippen LogP) is 1.76. The second-order valence-electron chi connectivity index (χ2n) is 3.04. The first-order chi connectivity index (χ1) is 6.86. The van der Waals surface area contributed by atoms with E-state index in [-0.39, 0.29) is 0 Å². The lowest BCUT2D eigenvalue weighted by atomic mass is 10.2. The highest BCUT2D eigenvalue weighted by atomic mass is 15.1. The summed E-state index contributed by atoms with van der Waals surface area (Å²) in [4.78, 5) is 2.05. The summed E-state index contributed by atoms with van der Waals surface area (Å²) in [6, 6.07) is 10.2. The minimum Gasteiger partial charge on any atom is -0.277 e. The first-order valence-corrected chi connectivity index (χ1v) is 4.50. The lowest BCUT2D eigenvalue weighted by Gasteiger charge is -2.16. The second kappa shape index (κ2) is 5.86. The number of benzene rings is 1. The summed E-state index contributed by atoms with van der Waals surface area (Å²) in [5, 5.41) is 0. The van der Waals surface area contributed by atoms with Gasteiger partial charge in [0.15, 0.2) is 0 Å². The highest BCUT2D eigenvalue weighted by Crippen LogP contribution is 2.02. The predicted molar refractivity (Wildman–Crippen MR) is 59.4 cm³/mol. The van der Waals surface area contributed by atoms with E-state index in [0.717, 1.165) is 6.54 Å². The normalized spacial score (nSPS) is 9.36. The van der Waals surface area contributed by atoms with Gasteiger partial charge in [0.05, 0.1) is 13.1 Å². The summed E-state index contributed by atoms with van der Waals surface area (Å²) < 4.78 is 0. The molecule has 0 spiro atoms. The molecule has 70 valence electrons. The Balaban J connectivity index is 2.57. The van der Waals surface area contributed by atoms with E-state index in [0.29, 0.717) is 13.1 Å². The lowest BCUT2D eigenvalue weighted by molar-refractivity contribution is 0.338. The molecule has 1 heteroatoms. The van der Waals surface area contributed by atoms with Gasteiger partial charge in [-0.2, -0.15) is 0 Å². The van der Waals surface area contributed by atoms with Crippen molar-refractivity contribution in [2.45, 2.75) is 6.54 Å². The maximum atomic E-state index is 5.25. The summed E-state index contributed by atoms with van der Waals surface area (Å²) in [6.07, 6.45) is 10.5. The Morgan fingerprint density at radius 3 is 2.07 bits per heavy atom. The highest BCUT2D eigenvalue weighted by molar-refractivity contribution is 5.15. The van der Waals surface area contributed by atoms with E-state index >= 15 is 0 Å².